The van der Waals surface area contributed by atoms with Gasteiger partial charge in [0.25, 0.3) is 5.91 Å². The molecule has 8 heteroatoms. The topological polar surface area (TPSA) is 85.8 Å². The number of esters is 2. The van der Waals surface area contributed by atoms with E-state index in [-0.39, 0.29) is 24.4 Å². The molecule has 1 aliphatic rings. The van der Waals surface area contributed by atoms with Crippen LogP contribution in [0.4, 0.5) is 0 Å². The molecule has 0 saturated carbocycles. The van der Waals surface area contributed by atoms with Crippen LogP contribution in [0, 0.1) is 12.8 Å². The van der Waals surface area contributed by atoms with Crippen LogP contribution in [0.3, 0.4) is 0 Å². The van der Waals surface area contributed by atoms with Crippen molar-refractivity contribution < 1.29 is 23.9 Å². The van der Waals surface area contributed by atoms with Crippen molar-refractivity contribution in [3.63, 3.8) is 0 Å². The number of rotatable bonds is 6. The summed E-state index contributed by atoms with van der Waals surface area (Å²) in [7, 11) is 0. The maximum absolute atomic E-state index is 13.2. The smallest absolute Gasteiger partial charge is 0.339 e. The Labute approximate surface area is 209 Å². The van der Waals surface area contributed by atoms with Crippen molar-refractivity contribution in [3.8, 4) is 11.3 Å². The number of ether oxygens (including phenoxy) is 2. The Morgan fingerprint density at radius 2 is 1.80 bits per heavy atom. The summed E-state index contributed by atoms with van der Waals surface area (Å²) >= 11 is 6.18. The van der Waals surface area contributed by atoms with Crippen molar-refractivity contribution in [2.45, 2.75) is 26.7 Å². The average Bonchev–Trinajstić information content (AvgIpc) is 2.87. The zero-order valence-corrected chi connectivity index (χ0v) is 20.5. The van der Waals surface area contributed by atoms with Gasteiger partial charge in [-0.3, -0.25) is 9.59 Å². The number of para-hydroxylation sites is 1. The predicted molar refractivity (Wildman–Crippen MR) is 133 cm³/mol. The van der Waals surface area contributed by atoms with Gasteiger partial charge in [0.1, 0.15) is 0 Å². The first-order chi connectivity index (χ1) is 16.9. The zero-order chi connectivity index (χ0) is 24.9. The van der Waals surface area contributed by atoms with Crippen molar-refractivity contribution in [3.05, 3.63) is 64.7 Å². The van der Waals surface area contributed by atoms with Crippen LogP contribution in [0.1, 0.15) is 35.7 Å². The van der Waals surface area contributed by atoms with Crippen LogP contribution < -0.4 is 0 Å². The highest BCUT2D eigenvalue weighted by Gasteiger charge is 2.29. The van der Waals surface area contributed by atoms with Crippen LogP contribution in [0.5, 0.6) is 0 Å². The lowest BCUT2D eigenvalue weighted by Crippen LogP contribution is -2.42. The molecular weight excluding hydrogens is 468 g/mol. The molecule has 0 unspecified atom stereocenters. The third kappa shape index (κ3) is 5.46. The fourth-order valence-corrected chi connectivity index (χ4v) is 4.59. The first-order valence-corrected chi connectivity index (χ1v) is 12.0. The molecular formula is C27H27ClN2O5. The largest absolute Gasteiger partial charge is 0.466 e. The first-order valence-electron chi connectivity index (χ1n) is 11.7. The lowest BCUT2D eigenvalue weighted by Gasteiger charge is -2.30. The van der Waals surface area contributed by atoms with Crippen molar-refractivity contribution in [1.29, 1.82) is 0 Å². The number of halogens is 1. The lowest BCUT2D eigenvalue weighted by molar-refractivity contribution is -0.151. The number of likely N-dealkylation sites (tertiary alicyclic amines) is 1. The van der Waals surface area contributed by atoms with Crippen LogP contribution >= 0.6 is 11.6 Å². The highest BCUT2D eigenvalue weighted by Crippen LogP contribution is 2.31. The first kappa shape index (κ1) is 24.7. The Balaban J connectivity index is 1.51. The molecule has 1 amide bonds. The molecule has 1 aromatic heterocycles. The number of fused-ring (bicyclic) bond motifs is 1. The number of carbonyl (C=O) groups excluding carboxylic acids is 3. The molecule has 1 fully saturated rings. The van der Waals surface area contributed by atoms with Crippen LogP contribution in [-0.2, 0) is 19.1 Å². The fraction of sp³-hybridized carbons (Fsp3) is 0.333. The Hall–Kier alpha value is -3.45. The van der Waals surface area contributed by atoms with Gasteiger partial charge < -0.3 is 14.4 Å². The van der Waals surface area contributed by atoms with E-state index < -0.39 is 5.97 Å². The van der Waals surface area contributed by atoms with Crippen molar-refractivity contribution in [1.82, 2.24) is 9.88 Å². The fourth-order valence-electron chi connectivity index (χ4n) is 4.40. The summed E-state index contributed by atoms with van der Waals surface area (Å²) in [6.45, 7) is 4.42. The van der Waals surface area contributed by atoms with E-state index in [2.05, 4.69) is 0 Å². The number of hydrogen-bond donors (Lipinski definition) is 0. The third-order valence-corrected chi connectivity index (χ3v) is 6.47. The van der Waals surface area contributed by atoms with Crippen molar-refractivity contribution >= 4 is 40.3 Å². The molecule has 0 aliphatic carbocycles. The standard InChI is InChI=1S/C27H27ClN2O5/c1-3-34-26(32)18-11-13-30(14-12-18)23(31)16-35-27(33)24-17(2)25(19-7-6-8-20(28)15-19)29-22-10-5-4-9-21(22)24/h4-10,15,18H,3,11-14,16H2,1-2H3. The zero-order valence-electron chi connectivity index (χ0n) is 19.8. The maximum atomic E-state index is 13.2. The van der Waals surface area contributed by atoms with Gasteiger partial charge in [-0.25, -0.2) is 9.78 Å². The normalized spacial score (nSPS) is 14.1. The number of hydrogen-bond acceptors (Lipinski definition) is 6. The summed E-state index contributed by atoms with van der Waals surface area (Å²) in [5.74, 6) is -1.29. The number of nitrogens with zero attached hydrogens (tertiary/aromatic N) is 2. The summed E-state index contributed by atoms with van der Waals surface area (Å²) < 4.78 is 10.6. The Bertz CT molecular complexity index is 1270. The molecule has 0 N–H and O–H groups in total. The van der Waals surface area contributed by atoms with Gasteiger partial charge in [-0.1, -0.05) is 41.9 Å². The van der Waals surface area contributed by atoms with Gasteiger partial charge in [0.15, 0.2) is 6.61 Å². The van der Waals surface area contributed by atoms with E-state index in [1.54, 1.807) is 24.0 Å². The highest BCUT2D eigenvalue weighted by atomic mass is 35.5. The van der Waals surface area contributed by atoms with Gasteiger partial charge in [-0.05, 0) is 50.5 Å². The van der Waals surface area contributed by atoms with E-state index in [0.29, 0.717) is 65.3 Å². The van der Waals surface area contributed by atoms with E-state index in [0.717, 1.165) is 5.56 Å². The quantitative estimate of drug-likeness (QED) is 0.456. The molecule has 0 atom stereocenters. The molecule has 0 spiro atoms. The van der Waals surface area contributed by atoms with Gasteiger partial charge in [0.2, 0.25) is 0 Å². The summed E-state index contributed by atoms with van der Waals surface area (Å²) in [6, 6.07) is 14.6. The minimum atomic E-state index is -0.584. The summed E-state index contributed by atoms with van der Waals surface area (Å²) in [4.78, 5) is 44.2. The number of carbonyl (C=O) groups is 3. The molecule has 3 aromatic rings. The molecule has 182 valence electrons. The van der Waals surface area contributed by atoms with Gasteiger partial charge in [-0.2, -0.15) is 0 Å². The van der Waals surface area contributed by atoms with Crippen LogP contribution in [0.25, 0.3) is 22.2 Å². The Morgan fingerprint density at radius 3 is 2.51 bits per heavy atom. The predicted octanol–water partition coefficient (Wildman–Crippen LogP) is 4.82. The Kier molecular flexibility index (Phi) is 7.66. The minimum absolute atomic E-state index is 0.197. The SMILES string of the molecule is CCOC(=O)C1CCN(C(=O)COC(=O)c2c(C)c(-c3cccc(Cl)c3)nc3ccccc23)CC1. The molecule has 1 saturated heterocycles. The summed E-state index contributed by atoms with van der Waals surface area (Å²) in [5.41, 5.74) is 3.09. The average molecular weight is 495 g/mol. The summed E-state index contributed by atoms with van der Waals surface area (Å²) in [6.07, 6.45) is 1.07. The third-order valence-electron chi connectivity index (χ3n) is 6.23. The highest BCUT2D eigenvalue weighted by molar-refractivity contribution is 6.30. The number of amides is 1. The van der Waals surface area contributed by atoms with Gasteiger partial charge in [0, 0.05) is 29.1 Å². The summed E-state index contributed by atoms with van der Waals surface area (Å²) in [5, 5.41) is 1.22. The number of pyridine rings is 1. The Morgan fingerprint density at radius 1 is 1.06 bits per heavy atom. The molecule has 35 heavy (non-hydrogen) atoms. The molecule has 0 radical (unpaired) electrons. The van der Waals surface area contributed by atoms with E-state index in [4.69, 9.17) is 26.1 Å². The second-order valence-corrected chi connectivity index (χ2v) is 8.91. The van der Waals surface area contributed by atoms with E-state index >= 15 is 0 Å². The van der Waals surface area contributed by atoms with Crippen molar-refractivity contribution in [2.24, 2.45) is 5.92 Å². The van der Waals surface area contributed by atoms with Gasteiger partial charge >= 0.3 is 11.9 Å². The van der Waals surface area contributed by atoms with Crippen LogP contribution in [0.15, 0.2) is 48.5 Å². The minimum Gasteiger partial charge on any atom is -0.466 e. The van der Waals surface area contributed by atoms with E-state index in [1.165, 1.54) is 0 Å². The molecule has 4 rings (SSSR count). The lowest BCUT2D eigenvalue weighted by atomic mass is 9.97. The van der Waals surface area contributed by atoms with E-state index in [9.17, 15) is 14.4 Å². The monoisotopic (exact) mass is 494 g/mol. The number of benzene rings is 2. The number of piperidine rings is 1. The van der Waals surface area contributed by atoms with E-state index in [1.807, 2.05) is 43.3 Å². The molecule has 0 bridgehead atoms. The molecule has 2 heterocycles. The van der Waals surface area contributed by atoms with Crippen LogP contribution in [-0.4, -0.2) is 54.0 Å². The second-order valence-electron chi connectivity index (χ2n) is 8.47. The van der Waals surface area contributed by atoms with Gasteiger partial charge in [0.05, 0.1) is 29.3 Å². The van der Waals surface area contributed by atoms with Crippen molar-refractivity contribution in [2.75, 3.05) is 26.3 Å². The number of aromatic nitrogens is 1. The molecule has 1 aliphatic heterocycles. The second kappa shape index (κ2) is 10.9. The maximum Gasteiger partial charge on any atom is 0.339 e. The molecule has 7 nitrogen and oxygen atoms in total. The van der Waals surface area contributed by atoms with Crippen LogP contribution in [0.2, 0.25) is 5.02 Å². The van der Waals surface area contributed by atoms with Gasteiger partial charge in [-0.15, -0.1) is 0 Å². The molecule has 2 aromatic carbocycles.